The molecule has 6 heteroatoms. The first-order chi connectivity index (χ1) is 11.3. The van der Waals surface area contributed by atoms with Crippen molar-refractivity contribution in [3.05, 3.63) is 11.1 Å². The molecule has 0 aromatic heterocycles. The summed E-state index contributed by atoms with van der Waals surface area (Å²) in [4.78, 5) is 24.9. The van der Waals surface area contributed by atoms with Crippen LogP contribution in [0.1, 0.15) is 47.5 Å². The Kier molecular flexibility index (Phi) is 3.96. The molecule has 0 aromatic carbocycles. The summed E-state index contributed by atoms with van der Waals surface area (Å²) in [5, 5.41) is 11.5. The SMILES string of the molecule is CC1=C2CC(O[Si](C)(C)C(C)(C)C)C3(O)C(=O)OC[C@@]3(C)[C@@H]2CC1=O. The molecule has 25 heavy (non-hydrogen) atoms. The number of Topliss-reactive ketones (excluding diaryl/α,β-unsaturated/α-hetero) is 1. The third-order valence-corrected chi connectivity index (χ3v) is 11.8. The lowest BCUT2D eigenvalue weighted by Crippen LogP contribution is -2.65. The number of aliphatic hydroxyl groups is 1. The summed E-state index contributed by atoms with van der Waals surface area (Å²) >= 11 is 0. The summed E-state index contributed by atoms with van der Waals surface area (Å²) in [7, 11) is -2.22. The molecule has 1 aliphatic heterocycles. The van der Waals surface area contributed by atoms with Crippen LogP contribution in [0.2, 0.25) is 18.1 Å². The second-order valence-electron chi connectivity index (χ2n) is 9.66. The van der Waals surface area contributed by atoms with Gasteiger partial charge in [0, 0.05) is 6.42 Å². The molecule has 5 nitrogen and oxygen atoms in total. The first-order valence-corrected chi connectivity index (χ1v) is 12.0. The number of carbonyl (C=O) groups excluding carboxylic acids is 2. The van der Waals surface area contributed by atoms with Gasteiger partial charge < -0.3 is 14.3 Å². The Bertz CT molecular complexity index is 674. The van der Waals surface area contributed by atoms with Crippen molar-refractivity contribution in [3.8, 4) is 0 Å². The van der Waals surface area contributed by atoms with Crippen LogP contribution in [0, 0.1) is 11.3 Å². The number of allylic oxidation sites excluding steroid dienone is 1. The Morgan fingerprint density at radius 3 is 2.40 bits per heavy atom. The lowest BCUT2D eigenvalue weighted by atomic mass is 9.57. The predicted molar refractivity (Wildman–Crippen MR) is 96.5 cm³/mol. The van der Waals surface area contributed by atoms with Crippen LogP contribution < -0.4 is 0 Å². The van der Waals surface area contributed by atoms with Crippen LogP contribution in [0.25, 0.3) is 0 Å². The minimum atomic E-state index is -2.22. The number of esters is 1. The number of cyclic esters (lactones) is 1. The average Bonchev–Trinajstić information content (AvgIpc) is 2.89. The highest BCUT2D eigenvalue weighted by Gasteiger charge is 2.71. The third kappa shape index (κ3) is 2.33. The highest BCUT2D eigenvalue weighted by Crippen LogP contribution is 2.59. The van der Waals surface area contributed by atoms with Gasteiger partial charge in [-0.2, -0.15) is 0 Å². The van der Waals surface area contributed by atoms with Gasteiger partial charge in [0.2, 0.25) is 0 Å². The minimum Gasteiger partial charge on any atom is -0.463 e. The Morgan fingerprint density at radius 2 is 1.84 bits per heavy atom. The summed E-state index contributed by atoms with van der Waals surface area (Å²) in [6.07, 6.45) is 0.111. The van der Waals surface area contributed by atoms with Crippen LogP contribution in [-0.2, 0) is 18.8 Å². The molecule has 4 atom stereocenters. The van der Waals surface area contributed by atoms with Gasteiger partial charge in [-0.05, 0) is 43.0 Å². The van der Waals surface area contributed by atoms with Gasteiger partial charge in [-0.3, -0.25) is 4.79 Å². The Balaban J connectivity index is 2.09. The number of fused-ring (bicyclic) bond motifs is 3. The Morgan fingerprint density at radius 1 is 1.24 bits per heavy atom. The van der Waals surface area contributed by atoms with E-state index in [9.17, 15) is 14.7 Å². The quantitative estimate of drug-likeness (QED) is 0.601. The van der Waals surface area contributed by atoms with Crippen molar-refractivity contribution in [2.45, 2.75) is 77.3 Å². The topological polar surface area (TPSA) is 72.8 Å². The molecule has 0 radical (unpaired) electrons. The number of hydrogen-bond donors (Lipinski definition) is 1. The van der Waals surface area contributed by atoms with Crippen LogP contribution in [0.4, 0.5) is 0 Å². The maximum absolute atomic E-state index is 12.6. The lowest BCUT2D eigenvalue weighted by molar-refractivity contribution is -0.180. The van der Waals surface area contributed by atoms with Crippen LogP contribution >= 0.6 is 0 Å². The maximum Gasteiger partial charge on any atom is 0.341 e. The van der Waals surface area contributed by atoms with Gasteiger partial charge in [-0.25, -0.2) is 4.79 Å². The molecule has 2 fully saturated rings. The lowest BCUT2D eigenvalue weighted by Gasteiger charge is -2.52. The summed E-state index contributed by atoms with van der Waals surface area (Å²) in [6.45, 7) is 14.5. The summed E-state index contributed by atoms with van der Waals surface area (Å²) in [6, 6.07) is 0. The second kappa shape index (κ2) is 5.27. The van der Waals surface area contributed by atoms with Crippen LogP contribution in [-0.4, -0.2) is 43.5 Å². The smallest absolute Gasteiger partial charge is 0.341 e. The molecule has 0 bridgehead atoms. The number of carbonyl (C=O) groups is 2. The first kappa shape index (κ1) is 18.8. The van der Waals surface area contributed by atoms with Crippen molar-refractivity contribution >= 4 is 20.1 Å². The zero-order chi connectivity index (χ0) is 19.0. The molecule has 1 saturated carbocycles. The number of ether oxygens (including phenoxy) is 1. The van der Waals surface area contributed by atoms with Gasteiger partial charge in [-0.15, -0.1) is 0 Å². The number of hydrogen-bond acceptors (Lipinski definition) is 5. The molecule has 1 saturated heterocycles. The van der Waals surface area contributed by atoms with Crippen LogP contribution in [0.5, 0.6) is 0 Å². The second-order valence-corrected chi connectivity index (χ2v) is 14.4. The predicted octanol–water partition coefficient (Wildman–Crippen LogP) is 2.98. The molecular weight excluding hydrogens is 336 g/mol. The Hall–Kier alpha value is -0.983. The molecular formula is C19H30O5Si. The first-order valence-electron chi connectivity index (χ1n) is 9.06. The van der Waals surface area contributed by atoms with E-state index in [1.165, 1.54) is 0 Å². The van der Waals surface area contributed by atoms with Gasteiger partial charge >= 0.3 is 5.97 Å². The van der Waals surface area contributed by atoms with E-state index in [4.69, 9.17) is 9.16 Å². The molecule has 140 valence electrons. The fourth-order valence-corrected chi connectivity index (χ4v) is 5.67. The fraction of sp³-hybridized carbons (Fsp3) is 0.789. The summed E-state index contributed by atoms with van der Waals surface area (Å²) < 4.78 is 11.9. The van der Waals surface area contributed by atoms with E-state index < -0.39 is 31.4 Å². The Labute approximate surface area is 150 Å². The summed E-state index contributed by atoms with van der Waals surface area (Å²) in [5.41, 5.74) is -0.699. The molecule has 0 spiro atoms. The van der Waals surface area contributed by atoms with Crippen molar-refractivity contribution in [3.63, 3.8) is 0 Å². The van der Waals surface area contributed by atoms with E-state index in [0.29, 0.717) is 12.8 Å². The van der Waals surface area contributed by atoms with Gasteiger partial charge in [0.1, 0.15) is 6.61 Å². The molecule has 1 N–H and O–H groups in total. The zero-order valence-electron chi connectivity index (χ0n) is 16.4. The normalized spacial score (nSPS) is 38.7. The van der Waals surface area contributed by atoms with Gasteiger partial charge in [0.15, 0.2) is 19.7 Å². The van der Waals surface area contributed by atoms with Gasteiger partial charge in [0.05, 0.1) is 11.5 Å². The summed E-state index contributed by atoms with van der Waals surface area (Å²) in [5.74, 6) is -0.638. The molecule has 1 heterocycles. The van der Waals surface area contributed by atoms with Crippen molar-refractivity contribution in [1.29, 1.82) is 0 Å². The van der Waals surface area contributed by atoms with E-state index >= 15 is 0 Å². The van der Waals surface area contributed by atoms with E-state index in [2.05, 4.69) is 33.9 Å². The van der Waals surface area contributed by atoms with E-state index in [-0.39, 0.29) is 23.3 Å². The number of rotatable bonds is 2. The fourth-order valence-electron chi connectivity index (χ4n) is 4.35. The maximum atomic E-state index is 12.6. The standard InChI is InChI=1S/C19H30O5Si/c1-11-12-8-15(24-25(6,7)17(2,3)4)19(22)16(21)23-10-18(19,5)13(12)9-14(11)20/h13,15,22H,8-10H2,1-7H3/t13-,15?,18+,19?/m1/s1. The van der Waals surface area contributed by atoms with E-state index in [1.54, 1.807) is 0 Å². The van der Waals surface area contributed by atoms with Crippen molar-refractivity contribution in [2.75, 3.05) is 6.61 Å². The highest BCUT2D eigenvalue weighted by molar-refractivity contribution is 6.74. The van der Waals surface area contributed by atoms with E-state index in [0.717, 1.165) is 11.1 Å². The van der Waals surface area contributed by atoms with Crippen molar-refractivity contribution < 1.29 is 23.9 Å². The van der Waals surface area contributed by atoms with Crippen LogP contribution in [0.3, 0.4) is 0 Å². The molecule has 2 aliphatic carbocycles. The minimum absolute atomic E-state index is 0.0476. The molecule has 3 rings (SSSR count). The number of ketones is 1. The molecule has 0 amide bonds. The van der Waals surface area contributed by atoms with E-state index in [1.807, 2.05) is 13.8 Å². The molecule has 3 aliphatic rings. The van der Waals surface area contributed by atoms with Crippen molar-refractivity contribution in [2.24, 2.45) is 11.3 Å². The molecule has 0 aromatic rings. The van der Waals surface area contributed by atoms with Crippen LogP contribution in [0.15, 0.2) is 11.1 Å². The average molecular weight is 367 g/mol. The van der Waals surface area contributed by atoms with Crippen molar-refractivity contribution in [1.82, 2.24) is 0 Å². The van der Waals surface area contributed by atoms with Gasteiger partial charge in [-0.1, -0.05) is 33.3 Å². The third-order valence-electron chi connectivity index (χ3n) is 7.28. The molecule has 2 unspecified atom stereocenters. The largest absolute Gasteiger partial charge is 0.463 e. The van der Waals surface area contributed by atoms with Gasteiger partial charge in [0.25, 0.3) is 0 Å². The highest BCUT2D eigenvalue weighted by atomic mass is 28.4. The zero-order valence-corrected chi connectivity index (χ0v) is 17.4. The monoisotopic (exact) mass is 366 g/mol.